The molecule has 114 valence electrons. The first-order valence-corrected chi connectivity index (χ1v) is 8.11. The van der Waals surface area contributed by atoms with E-state index in [4.69, 9.17) is 0 Å². The topological polar surface area (TPSA) is 15.3 Å². The van der Waals surface area contributed by atoms with Gasteiger partial charge in [0.1, 0.15) is 0 Å². The van der Waals surface area contributed by atoms with Crippen LogP contribution in [0.15, 0.2) is 24.3 Å². The molecule has 1 N–H and O–H groups in total. The van der Waals surface area contributed by atoms with E-state index in [1.54, 1.807) is 0 Å². The quantitative estimate of drug-likeness (QED) is 0.732. The third-order valence-electron chi connectivity index (χ3n) is 4.10. The molecule has 1 heterocycles. The Labute approximate surface area is 148 Å². The predicted molar refractivity (Wildman–Crippen MR) is 98.2 cm³/mol. The molecule has 1 aliphatic heterocycles. The Morgan fingerprint density at radius 3 is 2.25 bits per heavy atom. The number of hydrogen-bond donors (Lipinski definition) is 1. The Kier molecular flexibility index (Phi) is 8.13. The Morgan fingerprint density at radius 1 is 1.10 bits per heavy atom. The molecule has 20 heavy (non-hydrogen) atoms. The average Bonchev–Trinajstić information content (AvgIpc) is 3.22. The van der Waals surface area contributed by atoms with Gasteiger partial charge in [-0.2, -0.15) is 0 Å². The first kappa shape index (κ1) is 18.5. The molecule has 0 unspecified atom stereocenters. The van der Waals surface area contributed by atoms with Crippen molar-refractivity contribution >= 4 is 47.4 Å². The van der Waals surface area contributed by atoms with Crippen molar-refractivity contribution < 1.29 is 0 Å². The van der Waals surface area contributed by atoms with E-state index in [2.05, 4.69) is 57.1 Å². The average molecular weight is 429 g/mol. The fourth-order valence-electron chi connectivity index (χ4n) is 2.84. The number of benzene rings is 1. The molecule has 2 aliphatic rings. The van der Waals surface area contributed by atoms with Crippen LogP contribution in [0.1, 0.15) is 30.9 Å². The Hall–Kier alpha value is 0.450. The third-order valence-corrected chi connectivity index (χ3v) is 4.82. The van der Waals surface area contributed by atoms with Gasteiger partial charge in [-0.15, -0.1) is 24.8 Å². The zero-order chi connectivity index (χ0) is 12.4. The minimum absolute atomic E-state index is 0. The molecule has 1 atom stereocenters. The first-order chi connectivity index (χ1) is 8.83. The number of piperazine rings is 1. The van der Waals surface area contributed by atoms with E-state index in [9.17, 15) is 0 Å². The van der Waals surface area contributed by atoms with Crippen molar-refractivity contribution in [1.29, 1.82) is 0 Å². The van der Waals surface area contributed by atoms with Crippen molar-refractivity contribution in [3.05, 3.63) is 33.4 Å². The summed E-state index contributed by atoms with van der Waals surface area (Å²) in [6.07, 6.45) is 4.26. The number of hydrogen-bond acceptors (Lipinski definition) is 2. The molecule has 1 saturated heterocycles. The summed E-state index contributed by atoms with van der Waals surface area (Å²) in [6, 6.07) is 9.81. The number of halogens is 3. The summed E-state index contributed by atoms with van der Waals surface area (Å²) in [5, 5.41) is 3.46. The third kappa shape index (κ3) is 5.02. The lowest BCUT2D eigenvalue weighted by atomic mass is 9.99. The van der Waals surface area contributed by atoms with Gasteiger partial charge in [-0.25, -0.2) is 0 Å². The van der Waals surface area contributed by atoms with Gasteiger partial charge >= 0.3 is 0 Å². The highest BCUT2D eigenvalue weighted by atomic mass is 127. The van der Waals surface area contributed by atoms with Gasteiger partial charge < -0.3 is 5.32 Å². The van der Waals surface area contributed by atoms with Crippen molar-refractivity contribution in [3.8, 4) is 0 Å². The molecular weight excluding hydrogens is 406 g/mol. The lowest BCUT2D eigenvalue weighted by Gasteiger charge is -2.35. The molecule has 0 bridgehead atoms. The zero-order valence-corrected chi connectivity index (χ0v) is 15.3. The van der Waals surface area contributed by atoms with Crippen LogP contribution in [0.2, 0.25) is 0 Å². The lowest BCUT2D eigenvalue weighted by Crippen LogP contribution is -2.45. The zero-order valence-electron chi connectivity index (χ0n) is 11.6. The minimum atomic E-state index is 0. The van der Waals surface area contributed by atoms with Crippen LogP contribution >= 0.6 is 47.4 Å². The van der Waals surface area contributed by atoms with Crippen LogP contribution in [0.5, 0.6) is 0 Å². The van der Waals surface area contributed by atoms with Crippen LogP contribution in [-0.2, 0) is 0 Å². The predicted octanol–water partition coefficient (Wildman–Crippen LogP) is 3.88. The van der Waals surface area contributed by atoms with Crippen molar-refractivity contribution in [2.24, 2.45) is 5.92 Å². The van der Waals surface area contributed by atoms with Gasteiger partial charge in [0, 0.05) is 35.8 Å². The fraction of sp³-hybridized carbons (Fsp3) is 0.600. The highest BCUT2D eigenvalue weighted by molar-refractivity contribution is 14.1. The molecule has 1 aromatic rings. The molecule has 2 nitrogen and oxygen atoms in total. The van der Waals surface area contributed by atoms with Gasteiger partial charge in [0.05, 0.1) is 0 Å². The summed E-state index contributed by atoms with van der Waals surface area (Å²) < 4.78 is 1.34. The Bertz CT molecular complexity index is 389. The number of nitrogens with zero attached hydrogens (tertiary/aromatic N) is 1. The summed E-state index contributed by atoms with van der Waals surface area (Å²) in [4.78, 5) is 2.68. The maximum Gasteiger partial charge on any atom is 0.0351 e. The van der Waals surface area contributed by atoms with Gasteiger partial charge in [-0.05, 0) is 52.6 Å². The summed E-state index contributed by atoms with van der Waals surface area (Å²) in [5.41, 5.74) is 1.52. The molecule has 1 aliphatic carbocycles. The van der Waals surface area contributed by atoms with E-state index in [0.717, 1.165) is 19.0 Å². The van der Waals surface area contributed by atoms with E-state index < -0.39 is 0 Å². The highest BCUT2D eigenvalue weighted by Gasteiger charge is 2.30. The molecule has 0 amide bonds. The van der Waals surface area contributed by atoms with Crippen LogP contribution < -0.4 is 5.32 Å². The highest BCUT2D eigenvalue weighted by Crippen LogP contribution is 2.40. The lowest BCUT2D eigenvalue weighted by molar-refractivity contribution is 0.160. The monoisotopic (exact) mass is 428 g/mol. The second-order valence-corrected chi connectivity index (χ2v) is 6.78. The van der Waals surface area contributed by atoms with Crippen molar-refractivity contribution in [1.82, 2.24) is 10.2 Å². The number of rotatable bonds is 4. The van der Waals surface area contributed by atoms with Gasteiger partial charge in [-0.1, -0.05) is 25.0 Å². The van der Waals surface area contributed by atoms with Crippen LogP contribution in [0.25, 0.3) is 0 Å². The second kappa shape index (κ2) is 8.79. The Morgan fingerprint density at radius 2 is 1.70 bits per heavy atom. The van der Waals surface area contributed by atoms with E-state index in [-0.39, 0.29) is 24.8 Å². The molecule has 3 rings (SSSR count). The van der Waals surface area contributed by atoms with Crippen molar-refractivity contribution in [2.45, 2.75) is 25.3 Å². The minimum Gasteiger partial charge on any atom is -0.314 e. The van der Waals surface area contributed by atoms with Crippen LogP contribution in [0.4, 0.5) is 0 Å². The summed E-state index contributed by atoms with van der Waals surface area (Å²) >= 11 is 2.39. The van der Waals surface area contributed by atoms with E-state index in [0.29, 0.717) is 6.04 Å². The van der Waals surface area contributed by atoms with Crippen LogP contribution in [0, 0.1) is 9.49 Å². The second-order valence-electron chi connectivity index (χ2n) is 5.53. The molecule has 5 heteroatoms. The van der Waals surface area contributed by atoms with Gasteiger partial charge in [0.15, 0.2) is 0 Å². The van der Waals surface area contributed by atoms with Crippen molar-refractivity contribution in [2.75, 3.05) is 26.2 Å². The van der Waals surface area contributed by atoms with Gasteiger partial charge in [-0.3, -0.25) is 4.90 Å². The van der Waals surface area contributed by atoms with Crippen LogP contribution in [-0.4, -0.2) is 31.1 Å². The van der Waals surface area contributed by atoms with Gasteiger partial charge in [0.2, 0.25) is 0 Å². The molecular formula is C15H23Cl2IN2. The van der Waals surface area contributed by atoms with E-state index >= 15 is 0 Å². The molecule has 1 aromatic carbocycles. The van der Waals surface area contributed by atoms with Crippen molar-refractivity contribution in [3.63, 3.8) is 0 Å². The summed E-state index contributed by atoms with van der Waals surface area (Å²) in [7, 11) is 0. The molecule has 0 aromatic heterocycles. The van der Waals surface area contributed by atoms with Gasteiger partial charge in [0.25, 0.3) is 0 Å². The van der Waals surface area contributed by atoms with Crippen LogP contribution in [0.3, 0.4) is 0 Å². The standard InChI is InChI=1S/C15H21IN2.2ClH/c16-14-5-3-13(4-6-14)15(11-12-1-2-12)18-9-7-17-8-10-18;;/h3-6,12,15,17H,1-2,7-11H2;2*1H/t15-;;/m1../s1. The normalized spacial score (nSPS) is 20.6. The Balaban J connectivity index is 0.000001000. The largest absolute Gasteiger partial charge is 0.314 e. The molecule has 1 saturated carbocycles. The SMILES string of the molecule is Cl.Cl.Ic1ccc([C@@H](CC2CC2)N2CCNCC2)cc1. The molecule has 2 fully saturated rings. The number of nitrogens with one attached hydrogen (secondary N) is 1. The van der Waals surface area contributed by atoms with E-state index in [1.165, 1.54) is 41.5 Å². The maximum atomic E-state index is 3.46. The molecule has 0 radical (unpaired) electrons. The van der Waals surface area contributed by atoms with E-state index in [1.807, 2.05) is 0 Å². The fourth-order valence-corrected chi connectivity index (χ4v) is 3.20. The molecule has 0 spiro atoms. The summed E-state index contributed by atoms with van der Waals surface area (Å²) in [5.74, 6) is 0.990. The summed E-state index contributed by atoms with van der Waals surface area (Å²) in [6.45, 7) is 4.68. The maximum absolute atomic E-state index is 3.46. The first-order valence-electron chi connectivity index (χ1n) is 7.03. The smallest absolute Gasteiger partial charge is 0.0351 e.